The second-order valence-electron chi connectivity index (χ2n) is 6.49. The van der Waals surface area contributed by atoms with Crippen LogP contribution in [0, 0.1) is 0 Å². The van der Waals surface area contributed by atoms with Gasteiger partial charge in [-0.2, -0.15) is 0 Å². The Labute approximate surface area is 162 Å². The molecule has 140 valence electrons. The molecule has 5 nitrogen and oxygen atoms in total. The lowest BCUT2D eigenvalue weighted by Gasteiger charge is -2.23. The molecule has 0 aliphatic heterocycles. The quantitative estimate of drug-likeness (QED) is 0.553. The summed E-state index contributed by atoms with van der Waals surface area (Å²) in [4.78, 5) is 19.7. The van der Waals surface area contributed by atoms with Crippen molar-refractivity contribution in [2.45, 2.75) is 6.54 Å². The number of para-hydroxylation sites is 1. The highest BCUT2D eigenvalue weighted by atomic mass is 16.3. The Bertz CT molecular complexity index is 1080. The van der Waals surface area contributed by atoms with Crippen LogP contribution >= 0.6 is 0 Å². The Kier molecular flexibility index (Phi) is 5.17. The number of carbonyl (C=O) groups is 1. The van der Waals surface area contributed by atoms with Gasteiger partial charge in [0.2, 0.25) is 0 Å². The van der Waals surface area contributed by atoms with Crippen molar-refractivity contribution >= 4 is 16.8 Å². The Morgan fingerprint density at radius 1 is 1.00 bits per heavy atom. The summed E-state index contributed by atoms with van der Waals surface area (Å²) in [7, 11) is 0. The van der Waals surface area contributed by atoms with E-state index >= 15 is 0 Å². The Morgan fingerprint density at radius 2 is 1.79 bits per heavy atom. The largest absolute Gasteiger partial charge is 0.463 e. The zero-order valence-corrected chi connectivity index (χ0v) is 15.3. The summed E-state index contributed by atoms with van der Waals surface area (Å²) in [6, 6.07) is 22.7. The molecule has 2 heterocycles. The molecule has 0 unspecified atom stereocenters. The van der Waals surface area contributed by atoms with Crippen LogP contribution in [0.3, 0.4) is 0 Å². The van der Waals surface area contributed by atoms with Crippen molar-refractivity contribution in [3.63, 3.8) is 0 Å². The predicted octanol–water partition coefficient (Wildman–Crippen LogP) is 4.13. The van der Waals surface area contributed by atoms with Crippen LogP contribution in [-0.4, -0.2) is 34.0 Å². The van der Waals surface area contributed by atoms with Gasteiger partial charge in [-0.3, -0.25) is 4.79 Å². The molecule has 1 N–H and O–H groups in total. The molecule has 0 bridgehead atoms. The number of hydrogen-bond donors (Lipinski definition) is 1. The van der Waals surface area contributed by atoms with Crippen LogP contribution in [0.25, 0.3) is 22.4 Å². The summed E-state index contributed by atoms with van der Waals surface area (Å²) < 4.78 is 5.48. The highest BCUT2D eigenvalue weighted by Gasteiger charge is 2.20. The average Bonchev–Trinajstić information content (AvgIpc) is 3.28. The summed E-state index contributed by atoms with van der Waals surface area (Å²) in [5.41, 5.74) is 2.88. The Balaban J connectivity index is 1.78. The molecule has 2 aromatic heterocycles. The van der Waals surface area contributed by atoms with E-state index in [-0.39, 0.29) is 19.1 Å². The number of hydrogen-bond acceptors (Lipinski definition) is 4. The van der Waals surface area contributed by atoms with E-state index in [0.717, 1.165) is 16.5 Å². The van der Waals surface area contributed by atoms with Crippen LogP contribution < -0.4 is 0 Å². The van der Waals surface area contributed by atoms with Crippen LogP contribution in [0.1, 0.15) is 15.9 Å². The monoisotopic (exact) mass is 372 g/mol. The Hall–Kier alpha value is -3.44. The number of aliphatic hydroxyl groups excluding tert-OH is 1. The number of aromatic nitrogens is 1. The zero-order chi connectivity index (χ0) is 19.3. The summed E-state index contributed by atoms with van der Waals surface area (Å²) in [5, 5.41) is 10.3. The third-order valence-corrected chi connectivity index (χ3v) is 4.59. The number of amides is 1. The van der Waals surface area contributed by atoms with Crippen LogP contribution in [0.2, 0.25) is 0 Å². The van der Waals surface area contributed by atoms with Crippen LogP contribution in [-0.2, 0) is 6.54 Å². The van der Waals surface area contributed by atoms with Gasteiger partial charge in [-0.1, -0.05) is 48.5 Å². The fourth-order valence-corrected chi connectivity index (χ4v) is 3.25. The van der Waals surface area contributed by atoms with E-state index in [1.54, 1.807) is 23.3 Å². The molecule has 0 atom stereocenters. The topological polar surface area (TPSA) is 66.6 Å². The van der Waals surface area contributed by atoms with Gasteiger partial charge in [-0.25, -0.2) is 4.98 Å². The third-order valence-electron chi connectivity index (χ3n) is 4.59. The molecule has 1 amide bonds. The van der Waals surface area contributed by atoms with Crippen molar-refractivity contribution in [1.82, 2.24) is 9.88 Å². The first-order valence-corrected chi connectivity index (χ1v) is 9.14. The number of aliphatic hydroxyl groups is 1. The van der Waals surface area contributed by atoms with Gasteiger partial charge in [0.05, 0.1) is 24.0 Å². The maximum Gasteiger partial charge on any atom is 0.255 e. The van der Waals surface area contributed by atoms with Gasteiger partial charge in [0.15, 0.2) is 5.76 Å². The molecular formula is C23H20N2O3. The lowest BCUT2D eigenvalue weighted by molar-refractivity contribution is 0.0710. The maximum absolute atomic E-state index is 13.4. The second-order valence-corrected chi connectivity index (χ2v) is 6.49. The molecular weight excluding hydrogens is 352 g/mol. The average molecular weight is 372 g/mol. The first kappa shape index (κ1) is 17.9. The lowest BCUT2D eigenvalue weighted by atomic mass is 10.0. The number of nitrogens with zero attached hydrogens (tertiary/aromatic N) is 2. The summed E-state index contributed by atoms with van der Waals surface area (Å²) >= 11 is 0. The van der Waals surface area contributed by atoms with E-state index in [1.807, 2.05) is 60.7 Å². The summed E-state index contributed by atoms with van der Waals surface area (Å²) in [6.07, 6.45) is 1.58. The molecule has 4 rings (SSSR count). The number of fused-ring (bicyclic) bond motifs is 1. The van der Waals surface area contributed by atoms with E-state index in [0.29, 0.717) is 23.6 Å². The lowest BCUT2D eigenvalue weighted by Crippen LogP contribution is -2.33. The highest BCUT2D eigenvalue weighted by Crippen LogP contribution is 2.26. The first-order chi connectivity index (χ1) is 13.8. The van der Waals surface area contributed by atoms with Gasteiger partial charge in [0, 0.05) is 18.5 Å². The number of pyridine rings is 1. The molecule has 0 spiro atoms. The van der Waals surface area contributed by atoms with E-state index in [1.165, 1.54) is 0 Å². The predicted molar refractivity (Wildman–Crippen MR) is 108 cm³/mol. The standard InChI is InChI=1S/C23H20N2O3/c26-13-12-25(16-17-7-2-1-3-8-17)23(27)19-15-21(22-11-6-14-28-22)24-20-10-5-4-9-18(19)20/h1-11,14-15,26H,12-13,16H2. The summed E-state index contributed by atoms with van der Waals surface area (Å²) in [5.74, 6) is 0.459. The fourth-order valence-electron chi connectivity index (χ4n) is 3.25. The van der Waals surface area contributed by atoms with Crippen molar-refractivity contribution < 1.29 is 14.3 Å². The normalized spacial score (nSPS) is 10.9. The molecule has 0 aliphatic carbocycles. The van der Waals surface area contributed by atoms with E-state index in [9.17, 15) is 9.90 Å². The van der Waals surface area contributed by atoms with Crippen LogP contribution in [0.4, 0.5) is 0 Å². The maximum atomic E-state index is 13.4. The van der Waals surface area contributed by atoms with E-state index in [2.05, 4.69) is 4.98 Å². The highest BCUT2D eigenvalue weighted by molar-refractivity contribution is 6.07. The minimum Gasteiger partial charge on any atom is -0.463 e. The SMILES string of the molecule is O=C(c1cc(-c2ccco2)nc2ccccc12)N(CCO)Cc1ccccc1. The van der Waals surface area contributed by atoms with Crippen LogP contribution in [0.15, 0.2) is 83.5 Å². The van der Waals surface area contributed by atoms with Gasteiger partial charge >= 0.3 is 0 Å². The molecule has 5 heteroatoms. The van der Waals surface area contributed by atoms with E-state index < -0.39 is 0 Å². The fraction of sp³-hybridized carbons (Fsp3) is 0.130. The minimum atomic E-state index is -0.149. The number of benzene rings is 2. The number of furan rings is 1. The molecule has 2 aromatic carbocycles. The molecule has 0 saturated carbocycles. The summed E-state index contributed by atoms with van der Waals surface area (Å²) in [6.45, 7) is 0.570. The van der Waals surface area contributed by atoms with Crippen molar-refractivity contribution in [1.29, 1.82) is 0 Å². The zero-order valence-electron chi connectivity index (χ0n) is 15.3. The van der Waals surface area contributed by atoms with Crippen LogP contribution in [0.5, 0.6) is 0 Å². The van der Waals surface area contributed by atoms with Gasteiger partial charge in [-0.05, 0) is 29.8 Å². The third kappa shape index (κ3) is 3.66. The van der Waals surface area contributed by atoms with Crippen molar-refractivity contribution in [2.75, 3.05) is 13.2 Å². The van der Waals surface area contributed by atoms with Gasteiger partial charge < -0.3 is 14.4 Å². The number of carbonyl (C=O) groups excluding carboxylic acids is 1. The first-order valence-electron chi connectivity index (χ1n) is 9.14. The molecule has 4 aromatic rings. The molecule has 0 radical (unpaired) electrons. The van der Waals surface area contributed by atoms with Gasteiger partial charge in [0.1, 0.15) is 5.69 Å². The van der Waals surface area contributed by atoms with Crippen molar-refractivity contribution in [3.05, 3.63) is 90.2 Å². The second kappa shape index (κ2) is 8.06. The van der Waals surface area contributed by atoms with Crippen molar-refractivity contribution in [3.8, 4) is 11.5 Å². The molecule has 0 aliphatic rings. The molecule has 0 fully saturated rings. The van der Waals surface area contributed by atoms with Gasteiger partial charge in [-0.15, -0.1) is 0 Å². The molecule has 28 heavy (non-hydrogen) atoms. The Morgan fingerprint density at radius 3 is 2.54 bits per heavy atom. The minimum absolute atomic E-state index is 0.105. The number of rotatable bonds is 6. The smallest absolute Gasteiger partial charge is 0.255 e. The van der Waals surface area contributed by atoms with Gasteiger partial charge in [0.25, 0.3) is 5.91 Å². The van der Waals surface area contributed by atoms with Crippen molar-refractivity contribution in [2.24, 2.45) is 0 Å². The van der Waals surface area contributed by atoms with E-state index in [4.69, 9.17) is 4.42 Å². The molecule has 0 saturated heterocycles.